The van der Waals surface area contributed by atoms with Gasteiger partial charge in [0.2, 0.25) is 10.0 Å². The van der Waals surface area contributed by atoms with E-state index in [1.165, 1.54) is 23.0 Å². The zero-order valence-electron chi connectivity index (χ0n) is 15.9. The molecule has 0 radical (unpaired) electrons. The Hall–Kier alpha value is -2.37. The SMILES string of the molecule is C[C@@H]1CN(c2cc(F)c(-n3cncn3)cc2F)CCN1S(=O)(=O)c1cccc(Br)c1. The topological polar surface area (TPSA) is 71.3 Å². The van der Waals surface area contributed by atoms with Gasteiger partial charge in [-0.15, -0.1) is 0 Å². The van der Waals surface area contributed by atoms with E-state index in [4.69, 9.17) is 0 Å². The van der Waals surface area contributed by atoms with Crippen molar-refractivity contribution in [2.45, 2.75) is 17.9 Å². The van der Waals surface area contributed by atoms with Gasteiger partial charge in [0.05, 0.1) is 10.6 Å². The first kappa shape index (κ1) is 20.9. The minimum Gasteiger partial charge on any atom is -0.366 e. The molecule has 3 aromatic rings. The molecule has 7 nitrogen and oxygen atoms in total. The third kappa shape index (κ3) is 3.84. The van der Waals surface area contributed by atoms with Crippen LogP contribution >= 0.6 is 15.9 Å². The molecule has 0 spiro atoms. The summed E-state index contributed by atoms with van der Waals surface area (Å²) in [6, 6.07) is 8.24. The van der Waals surface area contributed by atoms with Gasteiger partial charge in [-0.05, 0) is 25.1 Å². The molecular formula is C19H18BrF2N5O2S. The molecule has 0 N–H and O–H groups in total. The summed E-state index contributed by atoms with van der Waals surface area (Å²) in [4.78, 5) is 5.58. The van der Waals surface area contributed by atoms with E-state index in [9.17, 15) is 17.2 Å². The highest BCUT2D eigenvalue weighted by Crippen LogP contribution is 2.29. The third-order valence-corrected chi connectivity index (χ3v) is 7.49. The second-order valence-electron chi connectivity index (χ2n) is 6.96. The van der Waals surface area contributed by atoms with Gasteiger partial charge in [-0.2, -0.15) is 9.40 Å². The molecule has 1 atom stereocenters. The number of nitrogens with zero attached hydrogens (tertiary/aromatic N) is 5. The Morgan fingerprint density at radius 3 is 2.50 bits per heavy atom. The summed E-state index contributed by atoms with van der Waals surface area (Å²) < 4.78 is 58.6. The lowest BCUT2D eigenvalue weighted by atomic mass is 10.2. The lowest BCUT2D eigenvalue weighted by molar-refractivity contribution is 0.305. The summed E-state index contributed by atoms with van der Waals surface area (Å²) in [5.41, 5.74) is 0.0420. The fourth-order valence-corrected chi connectivity index (χ4v) is 5.77. The number of hydrogen-bond acceptors (Lipinski definition) is 5. The monoisotopic (exact) mass is 497 g/mol. The Bertz CT molecular complexity index is 1170. The molecule has 0 amide bonds. The van der Waals surface area contributed by atoms with Crippen LogP contribution in [0.25, 0.3) is 5.69 Å². The van der Waals surface area contributed by atoms with E-state index in [1.54, 1.807) is 30.0 Å². The maximum Gasteiger partial charge on any atom is 0.243 e. The number of rotatable bonds is 4. The summed E-state index contributed by atoms with van der Waals surface area (Å²) in [5, 5.41) is 3.82. The highest BCUT2D eigenvalue weighted by molar-refractivity contribution is 9.10. The van der Waals surface area contributed by atoms with E-state index in [1.807, 2.05) is 0 Å². The van der Waals surface area contributed by atoms with Gasteiger partial charge in [0.1, 0.15) is 24.2 Å². The molecule has 1 aromatic heterocycles. The zero-order chi connectivity index (χ0) is 21.5. The van der Waals surface area contributed by atoms with Crippen molar-refractivity contribution in [3.05, 3.63) is 65.2 Å². The second kappa shape index (κ2) is 8.05. The quantitative estimate of drug-likeness (QED) is 0.553. The number of benzene rings is 2. The Kier molecular flexibility index (Phi) is 5.60. The fraction of sp³-hybridized carbons (Fsp3) is 0.263. The largest absolute Gasteiger partial charge is 0.366 e. The van der Waals surface area contributed by atoms with Crippen LogP contribution in [0.3, 0.4) is 0 Å². The molecule has 0 bridgehead atoms. The first-order valence-electron chi connectivity index (χ1n) is 9.14. The molecular weight excluding hydrogens is 480 g/mol. The molecule has 30 heavy (non-hydrogen) atoms. The molecule has 11 heteroatoms. The Balaban J connectivity index is 1.57. The highest BCUT2D eigenvalue weighted by Gasteiger charge is 2.34. The number of hydrogen-bond donors (Lipinski definition) is 0. The van der Waals surface area contributed by atoms with Crippen LogP contribution in [0.4, 0.5) is 14.5 Å². The highest BCUT2D eigenvalue weighted by atomic mass is 79.9. The first-order chi connectivity index (χ1) is 14.3. The van der Waals surface area contributed by atoms with Crippen LogP contribution in [-0.2, 0) is 10.0 Å². The van der Waals surface area contributed by atoms with Gasteiger partial charge in [0, 0.05) is 42.3 Å². The van der Waals surface area contributed by atoms with Gasteiger partial charge in [0.15, 0.2) is 5.82 Å². The number of sulfonamides is 1. The van der Waals surface area contributed by atoms with Crippen molar-refractivity contribution in [3.8, 4) is 5.69 Å². The normalized spacial score (nSPS) is 18.0. The average Bonchev–Trinajstić information content (AvgIpc) is 3.23. The van der Waals surface area contributed by atoms with Crippen LogP contribution in [0.15, 0.2) is 58.4 Å². The molecule has 1 aliphatic heterocycles. The van der Waals surface area contributed by atoms with Crippen molar-refractivity contribution in [2.75, 3.05) is 24.5 Å². The van der Waals surface area contributed by atoms with E-state index < -0.39 is 27.7 Å². The lowest BCUT2D eigenvalue weighted by Crippen LogP contribution is -2.54. The predicted octanol–water partition coefficient (Wildman–Crippen LogP) is 3.21. The zero-order valence-corrected chi connectivity index (χ0v) is 18.3. The van der Waals surface area contributed by atoms with Crippen LogP contribution in [0.2, 0.25) is 0 Å². The fourth-order valence-electron chi connectivity index (χ4n) is 3.56. The average molecular weight is 498 g/mol. The van der Waals surface area contributed by atoms with E-state index >= 15 is 0 Å². The van der Waals surface area contributed by atoms with Crippen molar-refractivity contribution in [1.82, 2.24) is 19.1 Å². The standard InChI is InChI=1S/C19H18BrF2N5O2S/c1-13-10-25(5-6-27(13)30(28,29)15-4-2-3-14(20)7-15)18-8-17(22)19(9-16(18)21)26-12-23-11-24-26/h2-4,7-9,11-13H,5-6,10H2,1H3/t13-/m1/s1. The number of piperazine rings is 1. The lowest BCUT2D eigenvalue weighted by Gasteiger charge is -2.40. The predicted molar refractivity (Wildman–Crippen MR) is 111 cm³/mol. The second-order valence-corrected chi connectivity index (χ2v) is 9.77. The molecule has 2 heterocycles. The van der Waals surface area contributed by atoms with Crippen LogP contribution in [-0.4, -0.2) is 53.2 Å². The number of aromatic nitrogens is 3. The minimum atomic E-state index is -3.70. The van der Waals surface area contributed by atoms with Crippen molar-refractivity contribution in [3.63, 3.8) is 0 Å². The molecule has 0 saturated carbocycles. The molecule has 2 aromatic carbocycles. The molecule has 1 saturated heterocycles. The molecule has 1 aliphatic rings. The van der Waals surface area contributed by atoms with Crippen LogP contribution in [0.1, 0.15) is 6.92 Å². The van der Waals surface area contributed by atoms with Gasteiger partial charge in [-0.1, -0.05) is 22.0 Å². The third-order valence-electron chi connectivity index (χ3n) is 4.99. The van der Waals surface area contributed by atoms with Gasteiger partial charge in [-0.25, -0.2) is 26.9 Å². The van der Waals surface area contributed by atoms with Crippen molar-refractivity contribution in [1.29, 1.82) is 0 Å². The van der Waals surface area contributed by atoms with E-state index in [2.05, 4.69) is 26.0 Å². The smallest absolute Gasteiger partial charge is 0.243 e. The maximum atomic E-state index is 14.8. The van der Waals surface area contributed by atoms with Crippen LogP contribution in [0.5, 0.6) is 0 Å². The van der Waals surface area contributed by atoms with Gasteiger partial charge < -0.3 is 4.90 Å². The van der Waals surface area contributed by atoms with Crippen LogP contribution < -0.4 is 4.90 Å². The molecule has 0 aliphatic carbocycles. The molecule has 158 valence electrons. The summed E-state index contributed by atoms with van der Waals surface area (Å²) in [5.74, 6) is -1.26. The van der Waals surface area contributed by atoms with Crippen LogP contribution in [0, 0.1) is 11.6 Å². The van der Waals surface area contributed by atoms with Crippen molar-refractivity contribution in [2.24, 2.45) is 0 Å². The summed E-state index contributed by atoms with van der Waals surface area (Å²) in [7, 11) is -3.70. The van der Waals surface area contributed by atoms with Gasteiger partial charge >= 0.3 is 0 Å². The molecule has 1 fully saturated rings. The first-order valence-corrected chi connectivity index (χ1v) is 11.4. The Morgan fingerprint density at radius 1 is 1.10 bits per heavy atom. The Morgan fingerprint density at radius 2 is 1.83 bits per heavy atom. The molecule has 0 unspecified atom stereocenters. The van der Waals surface area contributed by atoms with Crippen molar-refractivity contribution < 1.29 is 17.2 Å². The van der Waals surface area contributed by atoms with Gasteiger partial charge in [-0.3, -0.25) is 0 Å². The van der Waals surface area contributed by atoms with Crippen molar-refractivity contribution >= 4 is 31.6 Å². The maximum absolute atomic E-state index is 14.8. The van der Waals surface area contributed by atoms with E-state index in [-0.39, 0.29) is 35.9 Å². The summed E-state index contributed by atoms with van der Waals surface area (Å²) in [6.45, 7) is 2.37. The summed E-state index contributed by atoms with van der Waals surface area (Å²) in [6.07, 6.45) is 2.52. The Labute approximate surface area is 181 Å². The number of halogens is 3. The van der Waals surface area contributed by atoms with E-state index in [0.29, 0.717) is 4.47 Å². The number of anilines is 1. The minimum absolute atomic E-state index is 0.0438. The summed E-state index contributed by atoms with van der Waals surface area (Å²) >= 11 is 3.29. The van der Waals surface area contributed by atoms with Gasteiger partial charge in [0.25, 0.3) is 0 Å². The van der Waals surface area contributed by atoms with E-state index in [0.717, 1.165) is 16.8 Å². The molecule has 4 rings (SSSR count).